The van der Waals surface area contributed by atoms with Gasteiger partial charge in [0.15, 0.2) is 0 Å². The molecule has 1 aromatic carbocycles. The molecule has 21 heavy (non-hydrogen) atoms. The molecule has 0 radical (unpaired) electrons. The van der Waals surface area contributed by atoms with Crippen LogP contribution in [0, 0.1) is 5.41 Å². The Labute approximate surface area is 126 Å². The van der Waals surface area contributed by atoms with Crippen LogP contribution in [0.15, 0.2) is 47.1 Å². The Morgan fingerprint density at radius 2 is 2.14 bits per heavy atom. The first-order valence-corrected chi connectivity index (χ1v) is 7.64. The maximum atomic E-state index is 5.45. The van der Waals surface area contributed by atoms with E-state index in [1.54, 1.807) is 13.4 Å². The summed E-state index contributed by atoms with van der Waals surface area (Å²) in [7, 11) is 1.80. The summed E-state index contributed by atoms with van der Waals surface area (Å²) in [6, 6.07) is 12.4. The highest BCUT2D eigenvalue weighted by atomic mass is 16.5. The average molecular weight is 285 g/mol. The highest BCUT2D eigenvalue weighted by Crippen LogP contribution is 2.40. The molecule has 1 N–H and O–H groups in total. The van der Waals surface area contributed by atoms with Crippen molar-refractivity contribution in [2.75, 3.05) is 20.3 Å². The molecule has 3 rings (SSSR count). The Kier molecular flexibility index (Phi) is 4.42. The number of nitrogens with one attached hydrogen (secondary N) is 1. The van der Waals surface area contributed by atoms with Crippen LogP contribution in [0.25, 0.3) is 11.3 Å². The van der Waals surface area contributed by atoms with E-state index in [0.717, 1.165) is 31.0 Å². The van der Waals surface area contributed by atoms with Gasteiger partial charge in [-0.3, -0.25) is 0 Å². The topological polar surface area (TPSA) is 34.4 Å². The van der Waals surface area contributed by atoms with E-state index in [-0.39, 0.29) is 0 Å². The van der Waals surface area contributed by atoms with Crippen molar-refractivity contribution in [3.8, 4) is 11.3 Å². The molecular formula is C18H23NO2. The number of benzene rings is 1. The first-order valence-electron chi connectivity index (χ1n) is 7.64. The fraction of sp³-hybridized carbons (Fsp3) is 0.444. The smallest absolute Gasteiger partial charge is 0.133 e. The number of hydrogen-bond acceptors (Lipinski definition) is 3. The van der Waals surface area contributed by atoms with Gasteiger partial charge in [-0.05, 0) is 36.6 Å². The van der Waals surface area contributed by atoms with Gasteiger partial charge >= 0.3 is 0 Å². The van der Waals surface area contributed by atoms with Crippen LogP contribution in [-0.4, -0.2) is 20.3 Å². The molecule has 0 saturated heterocycles. The molecule has 0 atom stereocenters. The Morgan fingerprint density at radius 3 is 2.81 bits per heavy atom. The summed E-state index contributed by atoms with van der Waals surface area (Å²) in [5, 5.41) is 3.59. The first-order chi connectivity index (χ1) is 10.3. The lowest BCUT2D eigenvalue weighted by atomic mass is 9.69. The van der Waals surface area contributed by atoms with Gasteiger partial charge in [0.05, 0.1) is 12.9 Å². The highest BCUT2D eigenvalue weighted by molar-refractivity contribution is 5.58. The molecule has 1 aliphatic rings. The van der Waals surface area contributed by atoms with Crippen molar-refractivity contribution in [2.45, 2.75) is 25.8 Å². The molecule has 2 aromatic rings. The van der Waals surface area contributed by atoms with Gasteiger partial charge < -0.3 is 14.5 Å². The van der Waals surface area contributed by atoms with Crippen LogP contribution < -0.4 is 5.32 Å². The molecule has 0 unspecified atom stereocenters. The highest BCUT2D eigenvalue weighted by Gasteiger charge is 2.36. The molecule has 3 heteroatoms. The van der Waals surface area contributed by atoms with E-state index in [2.05, 4.69) is 29.6 Å². The van der Waals surface area contributed by atoms with Crippen LogP contribution in [0.1, 0.15) is 24.8 Å². The fourth-order valence-corrected chi connectivity index (χ4v) is 3.10. The Hall–Kier alpha value is -1.58. The fourth-order valence-electron chi connectivity index (χ4n) is 3.10. The van der Waals surface area contributed by atoms with Crippen molar-refractivity contribution in [3.05, 3.63) is 48.2 Å². The minimum atomic E-state index is 0.368. The van der Waals surface area contributed by atoms with Crippen LogP contribution in [0.3, 0.4) is 0 Å². The molecule has 112 valence electrons. The van der Waals surface area contributed by atoms with Crippen molar-refractivity contribution >= 4 is 0 Å². The molecule has 0 bridgehead atoms. The van der Waals surface area contributed by atoms with Crippen LogP contribution in [0.2, 0.25) is 0 Å². The van der Waals surface area contributed by atoms with Crippen molar-refractivity contribution < 1.29 is 9.15 Å². The lowest BCUT2D eigenvalue weighted by Crippen LogP contribution is -2.43. The second kappa shape index (κ2) is 6.46. The maximum absolute atomic E-state index is 5.45. The normalized spacial score (nSPS) is 16.6. The first kappa shape index (κ1) is 14.4. The minimum absolute atomic E-state index is 0.368. The summed E-state index contributed by atoms with van der Waals surface area (Å²) in [6.45, 7) is 2.79. The zero-order valence-corrected chi connectivity index (χ0v) is 12.6. The van der Waals surface area contributed by atoms with Crippen molar-refractivity contribution in [1.82, 2.24) is 5.32 Å². The van der Waals surface area contributed by atoms with Gasteiger partial charge in [-0.1, -0.05) is 24.6 Å². The van der Waals surface area contributed by atoms with Crippen LogP contribution in [-0.2, 0) is 11.3 Å². The van der Waals surface area contributed by atoms with Crippen LogP contribution in [0.4, 0.5) is 0 Å². The van der Waals surface area contributed by atoms with E-state index in [0.29, 0.717) is 5.41 Å². The van der Waals surface area contributed by atoms with Gasteiger partial charge in [0.1, 0.15) is 5.76 Å². The molecule has 0 spiro atoms. The monoisotopic (exact) mass is 285 g/mol. The third kappa shape index (κ3) is 3.36. The molecule has 1 fully saturated rings. The number of ether oxygens (including phenoxy) is 1. The maximum Gasteiger partial charge on any atom is 0.133 e. The number of hydrogen-bond donors (Lipinski definition) is 1. The van der Waals surface area contributed by atoms with E-state index in [1.165, 1.54) is 24.8 Å². The minimum Gasteiger partial charge on any atom is -0.464 e. The molecule has 1 aliphatic carbocycles. The van der Waals surface area contributed by atoms with Crippen molar-refractivity contribution in [1.29, 1.82) is 0 Å². The summed E-state index contributed by atoms with van der Waals surface area (Å²) in [6.07, 6.45) is 5.60. The third-order valence-corrected chi connectivity index (χ3v) is 4.43. The predicted octanol–water partition coefficient (Wildman–Crippen LogP) is 3.85. The summed E-state index contributed by atoms with van der Waals surface area (Å²) in [4.78, 5) is 0. The van der Waals surface area contributed by atoms with Crippen LogP contribution >= 0.6 is 0 Å². The summed E-state index contributed by atoms with van der Waals surface area (Å²) >= 11 is 0. The van der Waals surface area contributed by atoms with Gasteiger partial charge in [-0.15, -0.1) is 0 Å². The largest absolute Gasteiger partial charge is 0.464 e. The van der Waals surface area contributed by atoms with E-state index in [4.69, 9.17) is 9.15 Å². The number of methoxy groups -OCH3 is 1. The SMILES string of the molecule is COCC1(CNCc2cccc(-c3ccco3)c2)CCC1. The Balaban J connectivity index is 1.57. The lowest BCUT2D eigenvalue weighted by molar-refractivity contribution is 0.0177. The molecule has 1 aromatic heterocycles. The second-order valence-corrected chi connectivity index (χ2v) is 6.07. The molecule has 0 aliphatic heterocycles. The van der Waals surface area contributed by atoms with E-state index in [1.807, 2.05) is 12.1 Å². The summed E-state index contributed by atoms with van der Waals surface area (Å²) < 4.78 is 10.8. The Bertz CT molecular complexity index is 558. The van der Waals surface area contributed by atoms with Gasteiger partial charge in [0.25, 0.3) is 0 Å². The van der Waals surface area contributed by atoms with E-state index in [9.17, 15) is 0 Å². The van der Waals surface area contributed by atoms with Gasteiger partial charge in [0.2, 0.25) is 0 Å². The van der Waals surface area contributed by atoms with Crippen LogP contribution in [0.5, 0.6) is 0 Å². The standard InChI is InChI=1S/C18H23NO2/c1-20-14-18(8-4-9-18)13-19-12-15-5-2-6-16(11-15)17-7-3-10-21-17/h2-3,5-7,10-11,19H,4,8-9,12-14H2,1H3. The average Bonchev–Trinajstić information content (AvgIpc) is 2.99. The predicted molar refractivity (Wildman–Crippen MR) is 84.0 cm³/mol. The van der Waals surface area contributed by atoms with Crippen molar-refractivity contribution in [2.24, 2.45) is 5.41 Å². The van der Waals surface area contributed by atoms with Gasteiger partial charge in [-0.2, -0.15) is 0 Å². The number of furan rings is 1. The molecule has 0 amide bonds. The molecule has 1 saturated carbocycles. The molecule has 3 nitrogen and oxygen atoms in total. The zero-order chi connectivity index (χ0) is 14.5. The summed E-state index contributed by atoms with van der Waals surface area (Å²) in [5.74, 6) is 0.923. The third-order valence-electron chi connectivity index (χ3n) is 4.43. The summed E-state index contributed by atoms with van der Waals surface area (Å²) in [5.41, 5.74) is 2.79. The van der Waals surface area contributed by atoms with E-state index < -0.39 is 0 Å². The zero-order valence-electron chi connectivity index (χ0n) is 12.6. The quantitative estimate of drug-likeness (QED) is 0.839. The van der Waals surface area contributed by atoms with Gasteiger partial charge in [-0.25, -0.2) is 0 Å². The van der Waals surface area contributed by atoms with Crippen molar-refractivity contribution in [3.63, 3.8) is 0 Å². The van der Waals surface area contributed by atoms with E-state index >= 15 is 0 Å². The number of rotatable bonds is 7. The lowest BCUT2D eigenvalue weighted by Gasteiger charge is -2.41. The second-order valence-electron chi connectivity index (χ2n) is 6.07. The molecule has 1 heterocycles. The Morgan fingerprint density at radius 1 is 1.24 bits per heavy atom. The van der Waals surface area contributed by atoms with Gasteiger partial charge in [0, 0.05) is 31.2 Å². The molecular weight excluding hydrogens is 262 g/mol.